The van der Waals surface area contributed by atoms with Gasteiger partial charge in [-0.15, -0.1) is 10.2 Å². The summed E-state index contributed by atoms with van der Waals surface area (Å²) in [5, 5.41) is 18.6. The number of aliphatic hydroxyl groups excluding tert-OH is 1. The number of piperidine rings is 2. The number of nitrogens with one attached hydrogen (secondary N) is 1. The number of pyridine rings is 2. The lowest BCUT2D eigenvalue weighted by Crippen LogP contribution is -2.40. The highest BCUT2D eigenvalue weighted by Gasteiger charge is 2.44. The number of halogens is 2. The Morgan fingerprint density at radius 1 is 0.932 bits per heavy atom. The number of hydrogen-bond donors (Lipinski definition) is 2. The van der Waals surface area contributed by atoms with Gasteiger partial charge in [0, 0.05) is 50.6 Å². The Labute approximate surface area is 253 Å². The molecule has 3 fully saturated rings. The SMILES string of the molecule is O=S(=O)(CCO)Nc1ccc(-c2nnc(-c3cc4cccnc4c(N4CCC(F)(F)CC4)n3)o2)c(N2CCC3(CC2)CC3)c1. The molecule has 44 heavy (non-hydrogen) atoms. The van der Waals surface area contributed by atoms with Gasteiger partial charge in [0.1, 0.15) is 11.2 Å². The lowest BCUT2D eigenvalue weighted by molar-refractivity contribution is -0.0221. The van der Waals surface area contributed by atoms with Gasteiger partial charge in [-0.2, -0.15) is 0 Å². The molecule has 232 valence electrons. The number of rotatable bonds is 8. The van der Waals surface area contributed by atoms with Crippen molar-refractivity contribution in [1.82, 2.24) is 20.2 Å². The molecule has 0 amide bonds. The van der Waals surface area contributed by atoms with Crippen molar-refractivity contribution >= 4 is 38.1 Å². The van der Waals surface area contributed by atoms with E-state index >= 15 is 0 Å². The highest BCUT2D eigenvalue weighted by atomic mass is 32.2. The first-order valence-corrected chi connectivity index (χ1v) is 16.5. The van der Waals surface area contributed by atoms with Gasteiger partial charge in [-0.25, -0.2) is 22.2 Å². The smallest absolute Gasteiger partial charge is 0.266 e. The first-order chi connectivity index (χ1) is 21.1. The number of aliphatic hydroxyl groups is 1. The van der Waals surface area contributed by atoms with Crippen LogP contribution in [-0.4, -0.2) is 78.2 Å². The maximum atomic E-state index is 13.9. The summed E-state index contributed by atoms with van der Waals surface area (Å²) in [6.45, 7) is 1.46. The summed E-state index contributed by atoms with van der Waals surface area (Å²) in [6, 6.07) is 10.6. The molecule has 3 aliphatic rings. The molecule has 11 nitrogen and oxygen atoms in total. The summed E-state index contributed by atoms with van der Waals surface area (Å²) in [6.07, 6.45) is 5.74. The van der Waals surface area contributed by atoms with Gasteiger partial charge in [-0.1, -0.05) is 6.07 Å². The zero-order chi connectivity index (χ0) is 30.5. The quantitative estimate of drug-likeness (QED) is 0.284. The molecule has 0 bridgehead atoms. The average molecular weight is 626 g/mol. The lowest BCUT2D eigenvalue weighted by atomic mass is 9.93. The van der Waals surface area contributed by atoms with Crippen LogP contribution in [0, 0.1) is 5.41 Å². The van der Waals surface area contributed by atoms with E-state index in [1.807, 2.05) is 11.0 Å². The third kappa shape index (κ3) is 5.80. The number of fused-ring (bicyclic) bond motifs is 1. The molecule has 1 aromatic carbocycles. The van der Waals surface area contributed by atoms with E-state index in [-0.39, 0.29) is 37.7 Å². The zero-order valence-electron chi connectivity index (χ0n) is 24.0. The molecule has 2 N–H and O–H groups in total. The van der Waals surface area contributed by atoms with Crippen LogP contribution in [0.5, 0.6) is 0 Å². The van der Waals surface area contributed by atoms with Crippen molar-refractivity contribution in [1.29, 1.82) is 0 Å². The van der Waals surface area contributed by atoms with Crippen molar-refractivity contribution in [3.8, 4) is 23.0 Å². The summed E-state index contributed by atoms with van der Waals surface area (Å²) in [7, 11) is -3.72. The fourth-order valence-electron chi connectivity index (χ4n) is 6.17. The maximum absolute atomic E-state index is 13.9. The van der Waals surface area contributed by atoms with E-state index in [9.17, 15) is 17.2 Å². The summed E-state index contributed by atoms with van der Waals surface area (Å²) in [5.41, 5.74) is 3.25. The Balaban J connectivity index is 1.24. The molecule has 0 unspecified atom stereocenters. The Bertz CT molecular complexity index is 1790. The number of benzene rings is 1. The average Bonchev–Trinajstić information content (AvgIpc) is 3.56. The molecule has 7 rings (SSSR count). The monoisotopic (exact) mass is 625 g/mol. The zero-order valence-corrected chi connectivity index (χ0v) is 24.9. The van der Waals surface area contributed by atoms with Gasteiger partial charge in [0.25, 0.3) is 11.8 Å². The van der Waals surface area contributed by atoms with Crippen molar-refractivity contribution in [3.05, 3.63) is 42.6 Å². The molecule has 0 atom stereocenters. The van der Waals surface area contributed by atoms with E-state index in [1.54, 1.807) is 36.5 Å². The van der Waals surface area contributed by atoms with Gasteiger partial charge in [-0.05, 0) is 61.4 Å². The number of nitrogens with zero attached hydrogens (tertiary/aromatic N) is 6. The Hall–Kier alpha value is -3.91. The highest BCUT2D eigenvalue weighted by molar-refractivity contribution is 7.92. The van der Waals surface area contributed by atoms with E-state index in [0.717, 1.165) is 37.0 Å². The second-order valence-electron chi connectivity index (χ2n) is 12.0. The molecule has 1 spiro atoms. The number of alkyl halides is 2. The highest BCUT2D eigenvalue weighted by Crippen LogP contribution is 2.54. The topological polar surface area (TPSA) is 138 Å². The Kier molecular flexibility index (Phi) is 7.15. The fourth-order valence-corrected chi connectivity index (χ4v) is 6.99. The van der Waals surface area contributed by atoms with E-state index in [4.69, 9.17) is 14.5 Å². The fraction of sp³-hybridized carbons (Fsp3) is 0.467. The van der Waals surface area contributed by atoms with Gasteiger partial charge in [-0.3, -0.25) is 9.71 Å². The van der Waals surface area contributed by atoms with Crippen molar-refractivity contribution in [2.24, 2.45) is 5.41 Å². The van der Waals surface area contributed by atoms with Gasteiger partial charge in [0.05, 0.1) is 29.3 Å². The molecule has 14 heteroatoms. The molecule has 0 radical (unpaired) electrons. The number of sulfonamides is 1. The van der Waals surface area contributed by atoms with Gasteiger partial charge in [0.2, 0.25) is 15.9 Å². The summed E-state index contributed by atoms with van der Waals surface area (Å²) in [5.74, 6) is -2.18. The van der Waals surface area contributed by atoms with Gasteiger partial charge in [0.15, 0.2) is 5.82 Å². The second kappa shape index (κ2) is 10.9. The van der Waals surface area contributed by atoms with Crippen LogP contribution in [-0.2, 0) is 10.0 Å². The molecule has 4 aromatic rings. The third-order valence-electron chi connectivity index (χ3n) is 8.99. The Morgan fingerprint density at radius 2 is 1.66 bits per heavy atom. The van der Waals surface area contributed by atoms with Crippen LogP contribution in [0.1, 0.15) is 38.5 Å². The molecule has 2 aliphatic heterocycles. The van der Waals surface area contributed by atoms with Crippen LogP contribution in [0.3, 0.4) is 0 Å². The minimum absolute atomic E-state index is 0.152. The lowest BCUT2D eigenvalue weighted by Gasteiger charge is -2.35. The standard InChI is InChI=1S/C30H33F2N7O4S/c31-30(32)9-14-39(15-10-30)26-25-20(2-1-11-33-25)18-23(34-26)28-36-35-27(43-28)22-4-3-21(37-44(41,42)17-16-40)19-24(22)38-12-7-29(5-6-29)8-13-38/h1-4,11,18-19,37,40H,5-10,12-17H2. The number of hydrogen-bond acceptors (Lipinski definition) is 10. The van der Waals surface area contributed by atoms with E-state index in [0.29, 0.717) is 33.7 Å². The predicted molar refractivity (Wildman–Crippen MR) is 162 cm³/mol. The minimum Gasteiger partial charge on any atom is -0.415 e. The molecule has 1 saturated carbocycles. The van der Waals surface area contributed by atoms with E-state index in [1.165, 1.54) is 12.8 Å². The number of aromatic nitrogens is 4. The Morgan fingerprint density at radius 3 is 2.39 bits per heavy atom. The molecule has 2 saturated heterocycles. The molecule has 3 aromatic heterocycles. The van der Waals surface area contributed by atoms with Crippen LogP contribution in [0.25, 0.3) is 33.9 Å². The predicted octanol–water partition coefficient (Wildman–Crippen LogP) is 4.70. The van der Waals surface area contributed by atoms with E-state index < -0.39 is 28.3 Å². The summed E-state index contributed by atoms with van der Waals surface area (Å²) < 4.78 is 61.4. The van der Waals surface area contributed by atoms with Crippen LogP contribution in [0.2, 0.25) is 0 Å². The second-order valence-corrected chi connectivity index (χ2v) is 13.9. The summed E-state index contributed by atoms with van der Waals surface area (Å²) in [4.78, 5) is 13.3. The third-order valence-corrected chi connectivity index (χ3v) is 10.3. The molecule has 5 heterocycles. The minimum atomic E-state index is -3.72. The largest absolute Gasteiger partial charge is 0.415 e. The van der Waals surface area contributed by atoms with Crippen molar-refractivity contribution < 1.29 is 26.7 Å². The number of anilines is 3. The van der Waals surface area contributed by atoms with Crippen LogP contribution >= 0.6 is 0 Å². The maximum Gasteiger partial charge on any atom is 0.266 e. The van der Waals surface area contributed by atoms with Crippen LogP contribution in [0.15, 0.2) is 47.0 Å². The van der Waals surface area contributed by atoms with Crippen LogP contribution < -0.4 is 14.5 Å². The van der Waals surface area contributed by atoms with Crippen molar-refractivity contribution in [2.75, 3.05) is 53.1 Å². The van der Waals surface area contributed by atoms with E-state index in [2.05, 4.69) is 24.8 Å². The normalized spacial score (nSPS) is 19.4. The summed E-state index contributed by atoms with van der Waals surface area (Å²) >= 11 is 0. The van der Waals surface area contributed by atoms with Gasteiger partial charge >= 0.3 is 0 Å². The molecular weight excluding hydrogens is 592 g/mol. The first kappa shape index (κ1) is 28.8. The van der Waals surface area contributed by atoms with Gasteiger partial charge < -0.3 is 19.3 Å². The van der Waals surface area contributed by atoms with Crippen molar-refractivity contribution in [3.63, 3.8) is 0 Å². The first-order valence-electron chi connectivity index (χ1n) is 14.9. The van der Waals surface area contributed by atoms with Crippen molar-refractivity contribution in [2.45, 2.75) is 44.4 Å². The molecular formula is C30H33F2N7O4S. The van der Waals surface area contributed by atoms with Crippen LogP contribution in [0.4, 0.5) is 26.0 Å². The molecule has 1 aliphatic carbocycles.